The summed E-state index contributed by atoms with van der Waals surface area (Å²) in [6, 6.07) is 90.3. The number of furan rings is 1. The van der Waals surface area contributed by atoms with Crippen molar-refractivity contribution in [3.63, 3.8) is 0 Å². The number of hydrogen-bond donors (Lipinski definition) is 0. The molecule has 12 aromatic rings. The predicted molar refractivity (Wildman–Crippen MR) is 276 cm³/mol. The number of hydrogen-bond acceptors (Lipinski definition) is 3. The fourth-order valence-electron chi connectivity index (χ4n) is 11.5. The van der Waals surface area contributed by atoms with Crippen molar-refractivity contribution >= 4 is 66.9 Å². The Balaban J connectivity index is 1.03. The Morgan fingerprint density at radius 2 is 0.806 bits per heavy atom. The molecule has 0 N–H and O–H groups in total. The molecule has 0 fully saturated rings. The summed E-state index contributed by atoms with van der Waals surface area (Å²) in [4.78, 5) is 4.80. The molecule has 10 aromatic carbocycles. The second kappa shape index (κ2) is 14.6. The third-order valence-corrected chi connectivity index (χ3v) is 14.1. The molecule has 0 saturated heterocycles. The van der Waals surface area contributed by atoms with Crippen LogP contribution in [0.15, 0.2) is 253 Å². The van der Waals surface area contributed by atoms with Crippen LogP contribution in [-0.2, 0) is 5.41 Å². The maximum atomic E-state index is 7.04. The number of nitrogens with zero attached hydrogens (tertiary/aromatic N) is 3. The molecule has 2 aliphatic rings. The molecular weight excluding hydrogens is 815 g/mol. The number of benzene rings is 10. The van der Waals surface area contributed by atoms with Crippen LogP contribution in [0.4, 0.5) is 34.1 Å². The van der Waals surface area contributed by atoms with Crippen molar-refractivity contribution in [2.75, 3.05) is 9.80 Å². The number of para-hydroxylation sites is 6. The summed E-state index contributed by atoms with van der Waals surface area (Å²) in [6.07, 6.45) is 0. The van der Waals surface area contributed by atoms with Crippen LogP contribution in [0.5, 0.6) is 0 Å². The summed E-state index contributed by atoms with van der Waals surface area (Å²) in [5.41, 5.74) is 18.7. The van der Waals surface area contributed by atoms with Gasteiger partial charge >= 0.3 is 0 Å². The predicted octanol–water partition coefficient (Wildman–Crippen LogP) is 16.8. The van der Waals surface area contributed by atoms with Crippen LogP contribution in [-0.4, -0.2) is 4.57 Å². The van der Waals surface area contributed by atoms with Gasteiger partial charge in [-0.2, -0.15) is 0 Å². The molecular formula is C63H41N3O. The maximum absolute atomic E-state index is 7.04. The zero-order valence-electron chi connectivity index (χ0n) is 36.4. The molecule has 2 aromatic heterocycles. The largest absolute Gasteiger partial charge is 0.456 e. The molecule has 4 heteroatoms. The first-order valence-electron chi connectivity index (χ1n) is 23.0. The fourth-order valence-corrected chi connectivity index (χ4v) is 11.5. The van der Waals surface area contributed by atoms with Gasteiger partial charge in [-0.05, 0) is 137 Å². The molecule has 4 nitrogen and oxygen atoms in total. The van der Waals surface area contributed by atoms with Crippen molar-refractivity contribution in [2.45, 2.75) is 5.41 Å². The first kappa shape index (κ1) is 37.5. The highest BCUT2D eigenvalue weighted by atomic mass is 16.3. The number of fused-ring (bicyclic) bond motifs is 15. The zero-order valence-corrected chi connectivity index (χ0v) is 36.4. The molecule has 2 aliphatic carbocycles. The van der Waals surface area contributed by atoms with E-state index in [0.29, 0.717) is 0 Å². The van der Waals surface area contributed by atoms with Gasteiger partial charge in [0.05, 0.1) is 16.4 Å². The molecule has 0 saturated carbocycles. The van der Waals surface area contributed by atoms with Crippen LogP contribution in [0.2, 0.25) is 0 Å². The molecule has 314 valence electrons. The van der Waals surface area contributed by atoms with E-state index in [1.165, 1.54) is 55.2 Å². The lowest BCUT2D eigenvalue weighted by Gasteiger charge is -2.33. The second-order valence-electron chi connectivity index (χ2n) is 17.6. The Labute approximate surface area is 388 Å². The van der Waals surface area contributed by atoms with Crippen molar-refractivity contribution in [1.29, 1.82) is 0 Å². The fraction of sp³-hybridized carbons (Fsp3) is 0.0159. The van der Waals surface area contributed by atoms with Crippen molar-refractivity contribution in [3.05, 3.63) is 271 Å². The highest BCUT2D eigenvalue weighted by Gasteiger charge is 2.55. The van der Waals surface area contributed by atoms with Crippen LogP contribution < -0.4 is 9.80 Å². The maximum Gasteiger partial charge on any atom is 0.140 e. The minimum Gasteiger partial charge on any atom is -0.456 e. The lowest BCUT2D eigenvalue weighted by Crippen LogP contribution is -2.26. The van der Waals surface area contributed by atoms with E-state index < -0.39 is 5.41 Å². The highest BCUT2D eigenvalue weighted by molar-refractivity contribution is 6.11. The molecule has 1 spiro atoms. The van der Waals surface area contributed by atoms with Gasteiger partial charge in [-0.3, -0.25) is 0 Å². The van der Waals surface area contributed by atoms with E-state index in [9.17, 15) is 0 Å². The quantitative estimate of drug-likeness (QED) is 0.160. The molecule has 14 rings (SSSR count). The smallest absolute Gasteiger partial charge is 0.140 e. The van der Waals surface area contributed by atoms with E-state index in [1.807, 2.05) is 0 Å². The molecule has 1 unspecified atom stereocenters. The second-order valence-corrected chi connectivity index (χ2v) is 17.6. The molecule has 2 heterocycles. The first-order valence-corrected chi connectivity index (χ1v) is 23.0. The van der Waals surface area contributed by atoms with Gasteiger partial charge in [-0.15, -0.1) is 0 Å². The van der Waals surface area contributed by atoms with E-state index >= 15 is 0 Å². The van der Waals surface area contributed by atoms with Gasteiger partial charge in [-0.25, -0.2) is 0 Å². The minimum absolute atomic E-state index is 0.691. The van der Waals surface area contributed by atoms with Gasteiger partial charge < -0.3 is 18.8 Å². The van der Waals surface area contributed by atoms with E-state index in [-0.39, 0.29) is 0 Å². The molecule has 0 amide bonds. The van der Waals surface area contributed by atoms with Crippen LogP contribution in [0, 0.1) is 0 Å². The molecule has 0 radical (unpaired) electrons. The third-order valence-electron chi connectivity index (χ3n) is 14.1. The zero-order chi connectivity index (χ0) is 44.1. The molecule has 0 aliphatic heterocycles. The summed E-state index contributed by atoms with van der Waals surface area (Å²) in [5.74, 6) is 0.931. The lowest BCUT2D eigenvalue weighted by molar-refractivity contribution is 0.628. The summed E-state index contributed by atoms with van der Waals surface area (Å²) in [6.45, 7) is 0. The van der Waals surface area contributed by atoms with Crippen molar-refractivity contribution < 1.29 is 4.42 Å². The van der Waals surface area contributed by atoms with Crippen LogP contribution in [0.1, 0.15) is 22.3 Å². The average molecular weight is 856 g/mol. The van der Waals surface area contributed by atoms with E-state index in [2.05, 4.69) is 263 Å². The number of aromatic nitrogens is 1. The van der Waals surface area contributed by atoms with Gasteiger partial charge in [0.1, 0.15) is 11.3 Å². The summed E-state index contributed by atoms with van der Waals surface area (Å²) >= 11 is 0. The Morgan fingerprint density at radius 3 is 1.49 bits per heavy atom. The minimum atomic E-state index is -0.691. The normalized spacial score (nSPS) is 14.3. The van der Waals surface area contributed by atoms with Crippen LogP contribution in [0.3, 0.4) is 0 Å². The van der Waals surface area contributed by atoms with Crippen molar-refractivity contribution in [3.8, 4) is 28.1 Å². The highest BCUT2D eigenvalue weighted by Crippen LogP contribution is 2.66. The SMILES string of the molecule is c1ccc(N(c2ccccc2)c2ccc3c(c2)C2(c4ccccc4-3)c3cc(N(c4ccccc4)c4ccc5c(c4)c4ccccc4n5-c4ccccc4)ccc3-c3oc4ccccc4c32)cc1. The van der Waals surface area contributed by atoms with Crippen molar-refractivity contribution in [1.82, 2.24) is 4.57 Å². The van der Waals surface area contributed by atoms with Gasteiger partial charge in [0.15, 0.2) is 0 Å². The first-order chi connectivity index (χ1) is 33.3. The van der Waals surface area contributed by atoms with E-state index in [1.54, 1.807) is 0 Å². The Bertz CT molecular complexity index is 3830. The summed E-state index contributed by atoms with van der Waals surface area (Å²) in [7, 11) is 0. The lowest BCUT2D eigenvalue weighted by atomic mass is 9.70. The van der Waals surface area contributed by atoms with Crippen LogP contribution in [0.25, 0.3) is 60.9 Å². The van der Waals surface area contributed by atoms with E-state index in [4.69, 9.17) is 4.42 Å². The monoisotopic (exact) mass is 855 g/mol. The van der Waals surface area contributed by atoms with Gasteiger partial charge in [0.2, 0.25) is 0 Å². The topological polar surface area (TPSA) is 24.6 Å². The van der Waals surface area contributed by atoms with Gasteiger partial charge in [0.25, 0.3) is 0 Å². The molecule has 1 atom stereocenters. The standard InChI is InChI=1S/C63H41N3O/c1-5-19-42(20-6-1)64(43-21-7-2-8-22-43)47-33-36-50-49-27-13-16-30-55(49)63(56(50)40-47)57-41-48(34-37-52(57)62-61(63)53-29-15-18-32-60(53)67-62)65(44-23-9-3-10-24-44)46-35-38-59-54(39-46)51-28-14-17-31-58(51)66(59)45-25-11-4-12-26-45/h1-41H. The Hall–Kier alpha value is -8.86. The van der Waals surface area contributed by atoms with Crippen molar-refractivity contribution in [2.24, 2.45) is 0 Å². The van der Waals surface area contributed by atoms with E-state index in [0.717, 1.165) is 62.1 Å². The van der Waals surface area contributed by atoms with Gasteiger partial charge in [-0.1, -0.05) is 140 Å². The summed E-state index contributed by atoms with van der Waals surface area (Å²) in [5, 5.41) is 3.55. The molecule has 0 bridgehead atoms. The molecule has 67 heavy (non-hydrogen) atoms. The Morgan fingerprint density at radius 1 is 0.328 bits per heavy atom. The Kier molecular flexibility index (Phi) is 8.16. The van der Waals surface area contributed by atoms with Gasteiger partial charge in [0, 0.05) is 67.1 Å². The third kappa shape index (κ3) is 5.41. The van der Waals surface area contributed by atoms with Crippen LogP contribution >= 0.6 is 0 Å². The number of rotatable bonds is 7. The summed E-state index contributed by atoms with van der Waals surface area (Å²) < 4.78 is 9.42. The number of anilines is 6. The average Bonchev–Trinajstić information content (AvgIpc) is 4.11.